The molecule has 2 N–H and O–H groups in total. The highest BCUT2D eigenvalue weighted by atomic mass is 16.6. The van der Waals surface area contributed by atoms with E-state index in [1.165, 1.54) is 12.3 Å². The lowest BCUT2D eigenvalue weighted by atomic mass is 10.4. The lowest BCUT2D eigenvalue weighted by Crippen LogP contribution is -2.14. The van der Waals surface area contributed by atoms with Crippen molar-refractivity contribution >= 4 is 17.3 Å². The number of nitrogens with one attached hydrogen (secondary N) is 2. The van der Waals surface area contributed by atoms with Crippen LogP contribution >= 0.6 is 0 Å². The Morgan fingerprint density at radius 1 is 1.05 bits per heavy atom. The van der Waals surface area contributed by atoms with Crippen molar-refractivity contribution < 1.29 is 4.92 Å². The monoisotopic (exact) mass is 259 g/mol. The molecule has 0 amide bonds. The van der Waals surface area contributed by atoms with Gasteiger partial charge in [-0.1, -0.05) is 6.07 Å². The highest BCUT2D eigenvalue weighted by Gasteiger charge is 2.04. The molecule has 0 spiro atoms. The maximum atomic E-state index is 10.5. The second-order valence-electron chi connectivity index (χ2n) is 3.73. The molecule has 0 atom stereocenters. The first-order valence-corrected chi connectivity index (χ1v) is 5.75. The van der Waals surface area contributed by atoms with E-state index in [0.717, 1.165) is 5.82 Å². The van der Waals surface area contributed by atoms with E-state index in [1.807, 2.05) is 18.2 Å². The highest BCUT2D eigenvalue weighted by molar-refractivity contribution is 5.40. The molecule has 0 bridgehead atoms. The van der Waals surface area contributed by atoms with Gasteiger partial charge in [-0.3, -0.25) is 10.1 Å². The fraction of sp³-hybridized carbons (Fsp3) is 0.167. The lowest BCUT2D eigenvalue weighted by Gasteiger charge is -2.07. The zero-order valence-electron chi connectivity index (χ0n) is 10.1. The third kappa shape index (κ3) is 3.91. The largest absolute Gasteiger partial charge is 0.368 e. The fourth-order valence-electron chi connectivity index (χ4n) is 1.45. The van der Waals surface area contributed by atoms with Crippen LogP contribution in [0, 0.1) is 10.1 Å². The van der Waals surface area contributed by atoms with Crippen LogP contribution in [0.4, 0.5) is 17.3 Å². The van der Waals surface area contributed by atoms with Gasteiger partial charge in [-0.05, 0) is 18.2 Å². The Labute approximate surface area is 109 Å². The molecule has 19 heavy (non-hydrogen) atoms. The first kappa shape index (κ1) is 12.7. The summed E-state index contributed by atoms with van der Waals surface area (Å²) in [7, 11) is 0. The second-order valence-corrected chi connectivity index (χ2v) is 3.73. The predicted octanol–water partition coefficient (Wildman–Crippen LogP) is 1.91. The van der Waals surface area contributed by atoms with Gasteiger partial charge in [-0.25, -0.2) is 9.97 Å². The van der Waals surface area contributed by atoms with Gasteiger partial charge < -0.3 is 10.6 Å². The summed E-state index contributed by atoms with van der Waals surface area (Å²) in [5, 5.41) is 16.6. The number of anilines is 2. The van der Waals surface area contributed by atoms with Crippen LogP contribution < -0.4 is 10.6 Å². The Morgan fingerprint density at radius 3 is 2.32 bits per heavy atom. The van der Waals surface area contributed by atoms with Crippen LogP contribution in [-0.2, 0) is 0 Å². The molecule has 0 fully saturated rings. The summed E-state index contributed by atoms with van der Waals surface area (Å²) in [6.45, 7) is 1.32. The smallest absolute Gasteiger partial charge is 0.287 e. The van der Waals surface area contributed by atoms with Gasteiger partial charge in [-0.15, -0.1) is 0 Å². The normalized spacial score (nSPS) is 9.89. The quantitative estimate of drug-likeness (QED) is 0.467. The van der Waals surface area contributed by atoms with Crippen LogP contribution in [-0.4, -0.2) is 28.0 Å². The summed E-state index contributed by atoms with van der Waals surface area (Å²) >= 11 is 0. The van der Waals surface area contributed by atoms with E-state index < -0.39 is 4.92 Å². The van der Waals surface area contributed by atoms with E-state index in [-0.39, 0.29) is 5.69 Å². The van der Waals surface area contributed by atoms with Crippen LogP contribution in [0.2, 0.25) is 0 Å². The van der Waals surface area contributed by atoms with Crippen molar-refractivity contribution in [3.63, 3.8) is 0 Å². The number of nitrogens with zero attached hydrogens (tertiary/aromatic N) is 3. The zero-order chi connectivity index (χ0) is 13.5. The molecule has 7 nitrogen and oxygen atoms in total. The van der Waals surface area contributed by atoms with E-state index in [1.54, 1.807) is 12.3 Å². The average molecular weight is 259 g/mol. The minimum atomic E-state index is -0.473. The molecule has 98 valence electrons. The first-order valence-electron chi connectivity index (χ1n) is 5.75. The van der Waals surface area contributed by atoms with Gasteiger partial charge in [0.15, 0.2) is 0 Å². The first-order chi connectivity index (χ1) is 9.25. The summed E-state index contributed by atoms with van der Waals surface area (Å²) in [6, 6.07) is 8.63. The Kier molecular flexibility index (Phi) is 4.22. The van der Waals surface area contributed by atoms with Crippen molar-refractivity contribution in [1.82, 2.24) is 9.97 Å². The van der Waals surface area contributed by atoms with Gasteiger partial charge in [0.05, 0.1) is 4.92 Å². The van der Waals surface area contributed by atoms with Gasteiger partial charge in [0.25, 0.3) is 5.69 Å². The average Bonchev–Trinajstić information content (AvgIpc) is 2.45. The van der Waals surface area contributed by atoms with Crippen LogP contribution in [0.15, 0.2) is 42.7 Å². The Morgan fingerprint density at radius 2 is 1.79 bits per heavy atom. The van der Waals surface area contributed by atoms with Gasteiger partial charge in [0.1, 0.15) is 17.8 Å². The van der Waals surface area contributed by atoms with Crippen molar-refractivity contribution in [3.05, 3.63) is 52.8 Å². The van der Waals surface area contributed by atoms with Crippen molar-refractivity contribution in [1.29, 1.82) is 0 Å². The standard InChI is InChI=1S/C12H13N5O2/c18-17(19)10-4-5-12(16-9-10)15-8-7-14-11-3-1-2-6-13-11/h1-6,9H,7-8H2,(H,13,14)(H,15,16). The number of pyridine rings is 2. The van der Waals surface area contributed by atoms with Crippen molar-refractivity contribution in [2.75, 3.05) is 23.7 Å². The lowest BCUT2D eigenvalue weighted by molar-refractivity contribution is -0.385. The number of rotatable bonds is 6. The summed E-state index contributed by atoms with van der Waals surface area (Å²) < 4.78 is 0. The Balaban J connectivity index is 1.75. The maximum Gasteiger partial charge on any atom is 0.287 e. The van der Waals surface area contributed by atoms with Gasteiger partial charge in [-0.2, -0.15) is 0 Å². The van der Waals surface area contributed by atoms with Crippen LogP contribution in [0.5, 0.6) is 0 Å². The molecule has 7 heteroatoms. The van der Waals surface area contributed by atoms with E-state index >= 15 is 0 Å². The minimum absolute atomic E-state index is 0.0165. The molecule has 2 aromatic heterocycles. The SMILES string of the molecule is O=[N+]([O-])c1ccc(NCCNc2ccccn2)nc1. The summed E-state index contributed by atoms with van der Waals surface area (Å²) in [6.07, 6.45) is 2.95. The molecule has 2 heterocycles. The summed E-state index contributed by atoms with van der Waals surface area (Å²) in [5.74, 6) is 1.41. The Bertz CT molecular complexity index is 530. The molecule has 0 aromatic carbocycles. The summed E-state index contributed by atoms with van der Waals surface area (Å²) in [5.41, 5.74) is -0.0165. The van der Waals surface area contributed by atoms with Crippen LogP contribution in [0.3, 0.4) is 0 Å². The van der Waals surface area contributed by atoms with Crippen molar-refractivity contribution in [2.45, 2.75) is 0 Å². The van der Waals surface area contributed by atoms with E-state index in [9.17, 15) is 10.1 Å². The second kappa shape index (κ2) is 6.29. The van der Waals surface area contributed by atoms with E-state index in [4.69, 9.17) is 0 Å². The number of hydrogen-bond donors (Lipinski definition) is 2. The number of nitro groups is 1. The third-order valence-electron chi connectivity index (χ3n) is 2.36. The minimum Gasteiger partial charge on any atom is -0.368 e. The van der Waals surface area contributed by atoms with Crippen molar-refractivity contribution in [2.24, 2.45) is 0 Å². The molecule has 0 saturated heterocycles. The van der Waals surface area contributed by atoms with Gasteiger partial charge >= 0.3 is 0 Å². The van der Waals surface area contributed by atoms with Gasteiger partial charge in [0, 0.05) is 25.4 Å². The molecule has 2 aromatic rings. The topological polar surface area (TPSA) is 93.0 Å². The van der Waals surface area contributed by atoms with E-state index in [2.05, 4.69) is 20.6 Å². The zero-order valence-corrected chi connectivity index (χ0v) is 10.1. The van der Waals surface area contributed by atoms with Gasteiger partial charge in [0.2, 0.25) is 0 Å². The molecule has 0 aliphatic carbocycles. The molecule has 0 aliphatic rings. The maximum absolute atomic E-state index is 10.5. The third-order valence-corrected chi connectivity index (χ3v) is 2.36. The fourth-order valence-corrected chi connectivity index (χ4v) is 1.45. The number of hydrogen-bond acceptors (Lipinski definition) is 6. The molecule has 0 saturated carbocycles. The molecule has 0 unspecified atom stereocenters. The van der Waals surface area contributed by atoms with E-state index in [0.29, 0.717) is 18.9 Å². The Hall–Kier alpha value is -2.70. The molecule has 2 rings (SSSR count). The molecular formula is C12H13N5O2. The highest BCUT2D eigenvalue weighted by Crippen LogP contribution is 2.11. The summed E-state index contributed by atoms with van der Waals surface area (Å²) in [4.78, 5) is 18.1. The van der Waals surface area contributed by atoms with Crippen LogP contribution in [0.1, 0.15) is 0 Å². The number of aromatic nitrogens is 2. The molecule has 0 aliphatic heterocycles. The molecule has 0 radical (unpaired) electrons. The van der Waals surface area contributed by atoms with Crippen molar-refractivity contribution in [3.8, 4) is 0 Å². The predicted molar refractivity (Wildman–Crippen MR) is 72.1 cm³/mol. The molecular weight excluding hydrogens is 246 g/mol. The van der Waals surface area contributed by atoms with Crippen LogP contribution in [0.25, 0.3) is 0 Å².